The molecule has 6 nitrogen and oxygen atoms in total. The number of sulfonamides is 1. The number of benzene rings is 1. The van der Waals surface area contributed by atoms with Crippen molar-refractivity contribution >= 4 is 10.0 Å². The fourth-order valence-electron chi connectivity index (χ4n) is 2.65. The van der Waals surface area contributed by atoms with Crippen LogP contribution in [-0.2, 0) is 10.0 Å². The van der Waals surface area contributed by atoms with Crippen LogP contribution in [0.4, 0.5) is 0 Å². The summed E-state index contributed by atoms with van der Waals surface area (Å²) in [6.45, 7) is 4.23. The molecule has 1 fully saturated rings. The molecule has 1 atom stereocenters. The highest BCUT2D eigenvalue weighted by atomic mass is 32.2. The quantitative estimate of drug-likeness (QED) is 0.826. The number of piperazine rings is 1. The lowest BCUT2D eigenvalue weighted by atomic mass is 10.0. The molecule has 0 amide bonds. The molecule has 1 heterocycles. The van der Waals surface area contributed by atoms with E-state index in [1.165, 1.54) is 6.26 Å². The van der Waals surface area contributed by atoms with E-state index in [0.717, 1.165) is 37.5 Å². The van der Waals surface area contributed by atoms with Gasteiger partial charge in [0.25, 0.3) is 0 Å². The van der Waals surface area contributed by atoms with Gasteiger partial charge in [-0.05, 0) is 24.7 Å². The van der Waals surface area contributed by atoms with Gasteiger partial charge in [-0.1, -0.05) is 12.1 Å². The third-order valence-electron chi connectivity index (χ3n) is 4.02. The third kappa shape index (κ3) is 4.95. The minimum Gasteiger partial charge on any atom is -0.497 e. The Morgan fingerprint density at radius 2 is 1.77 bits per heavy atom. The number of ether oxygens (including phenoxy) is 1. The summed E-state index contributed by atoms with van der Waals surface area (Å²) in [6, 6.07) is 7.88. The zero-order valence-corrected chi connectivity index (χ0v) is 14.3. The van der Waals surface area contributed by atoms with Gasteiger partial charge in [-0.3, -0.25) is 4.90 Å². The topological polar surface area (TPSA) is 61.9 Å². The predicted molar refractivity (Wildman–Crippen MR) is 87.7 cm³/mol. The normalized spacial score (nSPS) is 19.0. The Morgan fingerprint density at radius 3 is 2.27 bits per heavy atom. The monoisotopic (exact) mass is 327 g/mol. The molecule has 0 radical (unpaired) electrons. The lowest BCUT2D eigenvalue weighted by Crippen LogP contribution is -2.48. The van der Waals surface area contributed by atoms with Crippen LogP contribution in [0, 0.1) is 0 Å². The second-order valence-corrected chi connectivity index (χ2v) is 7.58. The number of methoxy groups -OCH3 is 1. The molecule has 7 heteroatoms. The van der Waals surface area contributed by atoms with Crippen molar-refractivity contribution in [1.82, 2.24) is 14.5 Å². The number of rotatable bonds is 6. The number of hydrogen-bond donors (Lipinski definition) is 1. The van der Waals surface area contributed by atoms with Crippen LogP contribution in [0.15, 0.2) is 24.3 Å². The molecule has 1 aromatic rings. The first-order valence-corrected chi connectivity index (χ1v) is 9.29. The van der Waals surface area contributed by atoms with Gasteiger partial charge < -0.3 is 9.64 Å². The molecule has 1 aliphatic rings. The molecule has 0 spiro atoms. The fraction of sp³-hybridized carbons (Fsp3) is 0.600. The molecular weight excluding hydrogens is 302 g/mol. The van der Waals surface area contributed by atoms with Crippen molar-refractivity contribution in [3.63, 3.8) is 0 Å². The largest absolute Gasteiger partial charge is 0.497 e. The van der Waals surface area contributed by atoms with Crippen molar-refractivity contribution in [3.8, 4) is 5.75 Å². The van der Waals surface area contributed by atoms with Crippen molar-refractivity contribution in [3.05, 3.63) is 29.8 Å². The van der Waals surface area contributed by atoms with E-state index >= 15 is 0 Å². The Kier molecular flexibility index (Phi) is 5.80. The SMILES string of the molecule is COc1ccc(C(CNS(C)(=O)=O)N2CCN(C)CC2)cc1. The molecule has 0 bridgehead atoms. The van der Waals surface area contributed by atoms with Crippen LogP contribution in [0.3, 0.4) is 0 Å². The van der Waals surface area contributed by atoms with Crippen molar-refractivity contribution in [2.45, 2.75) is 6.04 Å². The van der Waals surface area contributed by atoms with Gasteiger partial charge in [0.2, 0.25) is 10.0 Å². The molecular formula is C15H25N3O3S. The maximum atomic E-state index is 11.4. The molecule has 1 unspecified atom stereocenters. The molecule has 0 aromatic heterocycles. The van der Waals surface area contributed by atoms with Crippen LogP contribution >= 0.6 is 0 Å². The summed E-state index contributed by atoms with van der Waals surface area (Å²) in [4.78, 5) is 4.62. The standard InChI is InChI=1S/C15H25N3O3S/c1-17-8-10-18(11-9-17)15(12-16-22(3,19)20)13-4-6-14(21-2)7-5-13/h4-7,15-16H,8-12H2,1-3H3. The van der Waals surface area contributed by atoms with Crippen LogP contribution in [0.1, 0.15) is 11.6 Å². The number of hydrogen-bond acceptors (Lipinski definition) is 5. The molecule has 124 valence electrons. The van der Waals surface area contributed by atoms with E-state index in [1.807, 2.05) is 24.3 Å². The second kappa shape index (κ2) is 7.41. The van der Waals surface area contributed by atoms with E-state index in [9.17, 15) is 8.42 Å². The third-order valence-corrected chi connectivity index (χ3v) is 4.71. The zero-order valence-electron chi connectivity index (χ0n) is 13.4. The van der Waals surface area contributed by atoms with Crippen LogP contribution in [0.25, 0.3) is 0 Å². The molecule has 1 saturated heterocycles. The lowest BCUT2D eigenvalue weighted by molar-refractivity contribution is 0.113. The highest BCUT2D eigenvalue weighted by molar-refractivity contribution is 7.88. The van der Waals surface area contributed by atoms with Gasteiger partial charge in [-0.15, -0.1) is 0 Å². The summed E-state index contributed by atoms with van der Waals surface area (Å²) in [5.74, 6) is 0.803. The predicted octanol–water partition coefficient (Wildman–Crippen LogP) is 0.533. The summed E-state index contributed by atoms with van der Waals surface area (Å²) in [6.07, 6.45) is 1.20. The Bertz CT molecular complexity index is 566. The van der Waals surface area contributed by atoms with Gasteiger partial charge in [-0.25, -0.2) is 13.1 Å². The zero-order chi connectivity index (χ0) is 16.2. The van der Waals surface area contributed by atoms with Gasteiger partial charge in [0, 0.05) is 38.8 Å². The van der Waals surface area contributed by atoms with Gasteiger partial charge in [0.15, 0.2) is 0 Å². The smallest absolute Gasteiger partial charge is 0.208 e. The number of nitrogens with one attached hydrogen (secondary N) is 1. The minimum absolute atomic E-state index is 0.0364. The van der Waals surface area contributed by atoms with Gasteiger partial charge in [-0.2, -0.15) is 0 Å². The average molecular weight is 327 g/mol. The summed E-state index contributed by atoms with van der Waals surface area (Å²) < 4.78 is 30.7. The first kappa shape index (κ1) is 17.2. The molecule has 1 N–H and O–H groups in total. The van der Waals surface area contributed by atoms with Crippen molar-refractivity contribution in [2.75, 3.05) is 53.1 Å². The van der Waals surface area contributed by atoms with E-state index < -0.39 is 10.0 Å². The van der Waals surface area contributed by atoms with Crippen LogP contribution in [-0.4, -0.2) is 71.4 Å². The molecule has 2 rings (SSSR count). The Hall–Kier alpha value is -1.15. The molecule has 1 aromatic carbocycles. The van der Waals surface area contributed by atoms with Crippen molar-refractivity contribution in [2.24, 2.45) is 0 Å². The molecule has 1 aliphatic heterocycles. The highest BCUT2D eigenvalue weighted by Crippen LogP contribution is 2.24. The highest BCUT2D eigenvalue weighted by Gasteiger charge is 2.24. The van der Waals surface area contributed by atoms with E-state index in [4.69, 9.17) is 4.74 Å². The maximum Gasteiger partial charge on any atom is 0.208 e. The first-order chi connectivity index (χ1) is 10.4. The van der Waals surface area contributed by atoms with E-state index in [2.05, 4.69) is 21.6 Å². The minimum atomic E-state index is -3.20. The molecule has 0 aliphatic carbocycles. The summed E-state index contributed by atoms with van der Waals surface area (Å²) in [5, 5.41) is 0. The molecule has 0 saturated carbocycles. The fourth-order valence-corrected chi connectivity index (χ4v) is 3.11. The van der Waals surface area contributed by atoms with E-state index in [1.54, 1.807) is 7.11 Å². The van der Waals surface area contributed by atoms with Gasteiger partial charge in [0.1, 0.15) is 5.75 Å². The van der Waals surface area contributed by atoms with Crippen LogP contribution in [0.5, 0.6) is 5.75 Å². The average Bonchev–Trinajstić information content (AvgIpc) is 2.49. The van der Waals surface area contributed by atoms with Crippen LogP contribution < -0.4 is 9.46 Å². The van der Waals surface area contributed by atoms with Crippen LogP contribution in [0.2, 0.25) is 0 Å². The summed E-state index contributed by atoms with van der Waals surface area (Å²) in [5.41, 5.74) is 1.10. The molecule has 22 heavy (non-hydrogen) atoms. The summed E-state index contributed by atoms with van der Waals surface area (Å²) >= 11 is 0. The summed E-state index contributed by atoms with van der Waals surface area (Å²) in [7, 11) is 0.541. The lowest BCUT2D eigenvalue weighted by Gasteiger charge is -2.38. The Balaban J connectivity index is 2.15. The maximum absolute atomic E-state index is 11.4. The van der Waals surface area contributed by atoms with Gasteiger partial charge >= 0.3 is 0 Å². The Morgan fingerprint density at radius 1 is 1.18 bits per heavy atom. The van der Waals surface area contributed by atoms with Crippen molar-refractivity contribution in [1.29, 1.82) is 0 Å². The number of likely N-dealkylation sites (N-methyl/N-ethyl adjacent to an activating group) is 1. The van der Waals surface area contributed by atoms with E-state index in [0.29, 0.717) is 6.54 Å². The Labute approximate surface area is 133 Å². The van der Waals surface area contributed by atoms with Gasteiger partial charge in [0.05, 0.1) is 13.4 Å². The van der Waals surface area contributed by atoms with E-state index in [-0.39, 0.29) is 6.04 Å². The second-order valence-electron chi connectivity index (χ2n) is 5.75. The van der Waals surface area contributed by atoms with Crippen molar-refractivity contribution < 1.29 is 13.2 Å². The number of nitrogens with zero attached hydrogens (tertiary/aromatic N) is 2. The first-order valence-electron chi connectivity index (χ1n) is 7.40.